The summed E-state index contributed by atoms with van der Waals surface area (Å²) in [4.78, 5) is 19.1. The molecule has 1 fully saturated rings. The molecule has 4 heterocycles. The van der Waals surface area contributed by atoms with Gasteiger partial charge in [0.15, 0.2) is 5.82 Å². The van der Waals surface area contributed by atoms with Crippen molar-refractivity contribution in [1.82, 2.24) is 29.0 Å². The van der Waals surface area contributed by atoms with Gasteiger partial charge in [-0.05, 0) is 31.9 Å². The Morgan fingerprint density at radius 1 is 1.23 bits per heavy atom. The van der Waals surface area contributed by atoms with Gasteiger partial charge < -0.3 is 19.0 Å². The highest BCUT2D eigenvalue weighted by atomic mass is 16.3. The maximum Gasteiger partial charge on any atom is 0.255 e. The van der Waals surface area contributed by atoms with Crippen molar-refractivity contribution in [2.24, 2.45) is 7.05 Å². The summed E-state index contributed by atoms with van der Waals surface area (Å²) in [6.07, 6.45) is 5.45. The van der Waals surface area contributed by atoms with Gasteiger partial charge in [-0.2, -0.15) is 0 Å². The van der Waals surface area contributed by atoms with E-state index in [0.29, 0.717) is 24.5 Å². The molecule has 0 bridgehead atoms. The third kappa shape index (κ3) is 2.86. The number of fused-ring (bicyclic) bond motifs is 1. The average Bonchev–Trinajstić information content (AvgIpc) is 3.21. The van der Waals surface area contributed by atoms with E-state index in [-0.39, 0.29) is 18.4 Å². The highest BCUT2D eigenvalue weighted by Gasteiger charge is 2.28. The molecular weight excluding hydrogens is 332 g/mol. The average molecular weight is 354 g/mol. The molecule has 136 valence electrons. The molecule has 8 heteroatoms. The fourth-order valence-corrected chi connectivity index (χ4v) is 3.64. The van der Waals surface area contributed by atoms with Crippen LogP contribution >= 0.6 is 0 Å². The smallest absolute Gasteiger partial charge is 0.255 e. The number of piperidine rings is 1. The van der Waals surface area contributed by atoms with Crippen LogP contribution in [0.25, 0.3) is 5.65 Å². The van der Waals surface area contributed by atoms with Crippen molar-refractivity contribution in [3.8, 4) is 0 Å². The number of likely N-dealkylation sites (tertiary alicyclic amines) is 1. The number of amides is 1. The maximum absolute atomic E-state index is 12.8. The van der Waals surface area contributed by atoms with E-state index in [0.717, 1.165) is 30.0 Å². The second kappa shape index (κ2) is 6.53. The van der Waals surface area contributed by atoms with Crippen LogP contribution in [0.4, 0.5) is 0 Å². The molecule has 4 rings (SSSR count). The molecule has 3 aromatic heterocycles. The molecule has 0 saturated carbocycles. The van der Waals surface area contributed by atoms with E-state index in [4.69, 9.17) is 0 Å². The Morgan fingerprint density at radius 2 is 2.00 bits per heavy atom. The molecule has 1 amide bonds. The number of hydrogen-bond donors (Lipinski definition) is 1. The van der Waals surface area contributed by atoms with Crippen molar-refractivity contribution in [2.45, 2.75) is 32.3 Å². The summed E-state index contributed by atoms with van der Waals surface area (Å²) >= 11 is 0. The van der Waals surface area contributed by atoms with E-state index in [1.54, 1.807) is 0 Å². The number of rotatable bonds is 3. The molecular formula is C18H22N6O2. The zero-order valence-corrected chi connectivity index (χ0v) is 15.0. The standard InChI is InChI=1S/C18H22N6O2/c1-12-9-24-10-14(3-4-15(24)19-12)18(26)23-7-5-13(6-8-23)17-21-20-16(11-25)22(17)2/h3-4,9-10,13,25H,5-8,11H2,1-2H3. The molecule has 0 unspecified atom stereocenters. The second-order valence-electron chi connectivity index (χ2n) is 6.82. The summed E-state index contributed by atoms with van der Waals surface area (Å²) in [6, 6.07) is 3.72. The van der Waals surface area contributed by atoms with Crippen molar-refractivity contribution < 1.29 is 9.90 Å². The molecule has 1 aliphatic heterocycles. The lowest BCUT2D eigenvalue weighted by molar-refractivity contribution is 0.0710. The van der Waals surface area contributed by atoms with Crippen LogP contribution in [0.1, 0.15) is 46.5 Å². The molecule has 0 atom stereocenters. The minimum atomic E-state index is -0.114. The van der Waals surface area contributed by atoms with Gasteiger partial charge in [-0.25, -0.2) is 4.98 Å². The lowest BCUT2D eigenvalue weighted by atomic mass is 9.95. The molecule has 1 aliphatic rings. The minimum absolute atomic E-state index is 0.0470. The van der Waals surface area contributed by atoms with Crippen LogP contribution in [0.3, 0.4) is 0 Å². The second-order valence-corrected chi connectivity index (χ2v) is 6.82. The third-order valence-electron chi connectivity index (χ3n) is 5.11. The fraction of sp³-hybridized carbons (Fsp3) is 0.444. The minimum Gasteiger partial charge on any atom is -0.388 e. The Hall–Kier alpha value is -2.74. The van der Waals surface area contributed by atoms with Gasteiger partial charge in [-0.15, -0.1) is 10.2 Å². The van der Waals surface area contributed by atoms with Gasteiger partial charge in [0.2, 0.25) is 0 Å². The number of aryl methyl sites for hydroxylation is 1. The van der Waals surface area contributed by atoms with Crippen molar-refractivity contribution in [3.63, 3.8) is 0 Å². The van der Waals surface area contributed by atoms with Gasteiger partial charge in [-0.1, -0.05) is 0 Å². The van der Waals surface area contributed by atoms with Gasteiger partial charge in [0, 0.05) is 38.4 Å². The number of hydrogen-bond acceptors (Lipinski definition) is 5. The normalized spacial score (nSPS) is 15.7. The lowest BCUT2D eigenvalue weighted by Crippen LogP contribution is -2.38. The maximum atomic E-state index is 12.8. The molecule has 3 aromatic rings. The Bertz CT molecular complexity index is 952. The molecule has 0 radical (unpaired) electrons. The number of carbonyl (C=O) groups excluding carboxylic acids is 1. The first-order chi connectivity index (χ1) is 12.6. The fourth-order valence-electron chi connectivity index (χ4n) is 3.64. The van der Waals surface area contributed by atoms with Crippen LogP contribution in [0, 0.1) is 6.92 Å². The largest absolute Gasteiger partial charge is 0.388 e. The van der Waals surface area contributed by atoms with Crippen molar-refractivity contribution >= 4 is 11.6 Å². The molecule has 0 aliphatic carbocycles. The van der Waals surface area contributed by atoms with E-state index in [9.17, 15) is 9.90 Å². The first-order valence-electron chi connectivity index (χ1n) is 8.80. The Balaban J connectivity index is 1.46. The number of aliphatic hydroxyl groups is 1. The van der Waals surface area contributed by atoms with Crippen molar-refractivity contribution in [2.75, 3.05) is 13.1 Å². The number of imidazole rings is 1. The lowest BCUT2D eigenvalue weighted by Gasteiger charge is -2.31. The molecule has 26 heavy (non-hydrogen) atoms. The molecule has 1 N–H and O–H groups in total. The summed E-state index contributed by atoms with van der Waals surface area (Å²) in [5.41, 5.74) is 2.45. The zero-order valence-electron chi connectivity index (χ0n) is 15.0. The van der Waals surface area contributed by atoms with Gasteiger partial charge >= 0.3 is 0 Å². The van der Waals surface area contributed by atoms with Crippen LogP contribution in [-0.2, 0) is 13.7 Å². The van der Waals surface area contributed by atoms with E-state index in [1.165, 1.54) is 0 Å². The predicted octanol–water partition coefficient (Wildman–Crippen LogP) is 1.28. The van der Waals surface area contributed by atoms with Crippen LogP contribution in [0.15, 0.2) is 24.5 Å². The number of aliphatic hydroxyl groups excluding tert-OH is 1. The topological polar surface area (TPSA) is 88.5 Å². The van der Waals surface area contributed by atoms with E-state index in [1.807, 2.05) is 52.4 Å². The quantitative estimate of drug-likeness (QED) is 0.765. The summed E-state index contributed by atoms with van der Waals surface area (Å²) in [7, 11) is 1.88. The Morgan fingerprint density at radius 3 is 2.69 bits per heavy atom. The number of carbonyl (C=O) groups is 1. The number of pyridine rings is 1. The SMILES string of the molecule is Cc1cn2cc(C(=O)N3CCC(c4nnc(CO)n4C)CC3)ccc2n1. The highest BCUT2D eigenvalue weighted by molar-refractivity contribution is 5.94. The van der Waals surface area contributed by atoms with Crippen LogP contribution in [0.2, 0.25) is 0 Å². The molecule has 0 spiro atoms. The highest BCUT2D eigenvalue weighted by Crippen LogP contribution is 2.27. The van der Waals surface area contributed by atoms with E-state index in [2.05, 4.69) is 15.2 Å². The summed E-state index contributed by atoms with van der Waals surface area (Å²) in [6.45, 7) is 3.20. The van der Waals surface area contributed by atoms with Gasteiger partial charge in [-0.3, -0.25) is 4.79 Å². The molecule has 8 nitrogen and oxygen atoms in total. The van der Waals surface area contributed by atoms with Gasteiger partial charge in [0.25, 0.3) is 5.91 Å². The van der Waals surface area contributed by atoms with Crippen LogP contribution in [0.5, 0.6) is 0 Å². The van der Waals surface area contributed by atoms with E-state index >= 15 is 0 Å². The molecule has 0 aromatic carbocycles. The predicted molar refractivity (Wildman–Crippen MR) is 94.7 cm³/mol. The molecule has 1 saturated heterocycles. The monoisotopic (exact) mass is 354 g/mol. The van der Waals surface area contributed by atoms with Gasteiger partial charge in [0.05, 0.1) is 11.3 Å². The first-order valence-corrected chi connectivity index (χ1v) is 8.80. The third-order valence-corrected chi connectivity index (χ3v) is 5.11. The number of nitrogens with zero attached hydrogens (tertiary/aromatic N) is 6. The zero-order chi connectivity index (χ0) is 18.3. The van der Waals surface area contributed by atoms with Crippen LogP contribution in [-0.4, -0.2) is 53.2 Å². The van der Waals surface area contributed by atoms with Crippen molar-refractivity contribution in [3.05, 3.63) is 47.4 Å². The summed E-state index contributed by atoms with van der Waals surface area (Å²) in [5.74, 6) is 1.76. The van der Waals surface area contributed by atoms with Crippen LogP contribution < -0.4 is 0 Å². The Labute approximate surface area is 151 Å². The number of aromatic nitrogens is 5. The van der Waals surface area contributed by atoms with Gasteiger partial charge in [0.1, 0.15) is 18.1 Å². The Kier molecular flexibility index (Phi) is 4.20. The first kappa shape index (κ1) is 16.7. The summed E-state index contributed by atoms with van der Waals surface area (Å²) in [5, 5.41) is 17.5. The summed E-state index contributed by atoms with van der Waals surface area (Å²) < 4.78 is 3.75. The van der Waals surface area contributed by atoms with Crippen molar-refractivity contribution in [1.29, 1.82) is 0 Å². The van der Waals surface area contributed by atoms with E-state index < -0.39 is 0 Å².